The van der Waals surface area contributed by atoms with Crippen LogP contribution in [0.25, 0.3) is 11.1 Å². The van der Waals surface area contributed by atoms with Crippen LogP contribution in [0.5, 0.6) is 0 Å². The van der Waals surface area contributed by atoms with E-state index in [1.54, 1.807) is 0 Å². The monoisotopic (exact) mass is 461 g/mol. The van der Waals surface area contributed by atoms with Gasteiger partial charge in [0.25, 0.3) is 0 Å². The first-order valence-electron chi connectivity index (χ1n) is 10.9. The summed E-state index contributed by atoms with van der Waals surface area (Å²) in [5.41, 5.74) is 3.32. The quantitative estimate of drug-likeness (QED) is 0.673. The third-order valence-electron chi connectivity index (χ3n) is 6.69. The van der Waals surface area contributed by atoms with E-state index >= 15 is 0 Å². The van der Waals surface area contributed by atoms with Crippen molar-refractivity contribution in [3.8, 4) is 17.2 Å². The minimum Gasteiger partial charge on any atom is -0.389 e. The molecule has 2 aromatic carbocycles. The van der Waals surface area contributed by atoms with Gasteiger partial charge in [-0.1, -0.05) is 61.7 Å². The van der Waals surface area contributed by atoms with E-state index in [0.29, 0.717) is 5.56 Å². The second kappa shape index (κ2) is 11.9. The van der Waals surface area contributed by atoms with E-state index in [4.69, 9.17) is 0 Å². The van der Waals surface area contributed by atoms with Crippen molar-refractivity contribution in [2.24, 2.45) is 0 Å². The van der Waals surface area contributed by atoms with Crippen molar-refractivity contribution in [2.45, 2.75) is 43.6 Å². The number of rotatable bonds is 5. The molecule has 0 aromatic heterocycles. The Labute approximate surface area is 198 Å². The zero-order valence-corrected chi connectivity index (χ0v) is 19.6. The maximum Gasteiger partial charge on any atom is 0.0998 e. The molecule has 1 unspecified atom stereocenters. The summed E-state index contributed by atoms with van der Waals surface area (Å²) in [6, 6.07) is 18.6. The molecular formula is C25H33Cl2N3O. The largest absolute Gasteiger partial charge is 0.389 e. The van der Waals surface area contributed by atoms with Crippen LogP contribution < -0.4 is 5.32 Å². The predicted octanol–water partition coefficient (Wildman–Crippen LogP) is 4.75. The van der Waals surface area contributed by atoms with Crippen molar-refractivity contribution in [1.29, 1.82) is 5.26 Å². The zero-order valence-electron chi connectivity index (χ0n) is 17.9. The highest BCUT2D eigenvalue weighted by molar-refractivity contribution is 5.85. The van der Waals surface area contributed by atoms with Crippen LogP contribution in [0.15, 0.2) is 48.5 Å². The van der Waals surface area contributed by atoms with Crippen molar-refractivity contribution < 1.29 is 5.11 Å². The highest BCUT2D eigenvalue weighted by Crippen LogP contribution is 2.41. The Kier molecular flexibility index (Phi) is 9.81. The zero-order chi connectivity index (χ0) is 20.1. The number of aliphatic hydroxyl groups is 1. The lowest BCUT2D eigenvalue weighted by Crippen LogP contribution is -2.49. The molecule has 2 aliphatic rings. The molecule has 4 rings (SSSR count). The second-order valence-electron chi connectivity index (χ2n) is 8.55. The Morgan fingerprint density at radius 2 is 1.61 bits per heavy atom. The highest BCUT2D eigenvalue weighted by atomic mass is 35.5. The van der Waals surface area contributed by atoms with Crippen molar-refractivity contribution in [3.05, 3.63) is 59.7 Å². The Hall–Kier alpha value is -1.61. The normalized spacial score (nSPS) is 19.4. The van der Waals surface area contributed by atoms with Gasteiger partial charge < -0.3 is 15.3 Å². The number of nitriles is 1. The average Bonchev–Trinajstić information content (AvgIpc) is 2.79. The molecule has 0 amide bonds. The topological polar surface area (TPSA) is 59.3 Å². The van der Waals surface area contributed by atoms with Gasteiger partial charge in [0.1, 0.15) is 0 Å². The first kappa shape index (κ1) is 25.6. The molecule has 1 saturated heterocycles. The molecule has 0 bridgehead atoms. The summed E-state index contributed by atoms with van der Waals surface area (Å²) in [6.07, 6.45) is 5.24. The van der Waals surface area contributed by atoms with E-state index in [-0.39, 0.29) is 30.7 Å². The smallest absolute Gasteiger partial charge is 0.0998 e. The first-order chi connectivity index (χ1) is 14.2. The molecule has 1 aliphatic carbocycles. The first-order valence-corrected chi connectivity index (χ1v) is 10.9. The van der Waals surface area contributed by atoms with E-state index in [1.807, 2.05) is 24.3 Å². The van der Waals surface area contributed by atoms with Gasteiger partial charge in [-0.25, -0.2) is 0 Å². The van der Waals surface area contributed by atoms with Crippen molar-refractivity contribution in [1.82, 2.24) is 10.2 Å². The molecule has 2 aromatic rings. The maximum atomic E-state index is 11.6. The molecule has 168 valence electrons. The van der Waals surface area contributed by atoms with Gasteiger partial charge in [-0.3, -0.25) is 0 Å². The van der Waals surface area contributed by atoms with Crippen LogP contribution in [-0.2, 0) is 0 Å². The summed E-state index contributed by atoms with van der Waals surface area (Å²) in [7, 11) is 0. The third kappa shape index (κ3) is 6.00. The van der Waals surface area contributed by atoms with Crippen molar-refractivity contribution >= 4 is 24.8 Å². The summed E-state index contributed by atoms with van der Waals surface area (Å²) in [5, 5.41) is 24.4. The molecule has 0 spiro atoms. The van der Waals surface area contributed by atoms with Crippen LogP contribution in [0.2, 0.25) is 0 Å². The lowest BCUT2D eigenvalue weighted by Gasteiger charge is -2.42. The molecule has 1 atom stereocenters. The van der Waals surface area contributed by atoms with Gasteiger partial charge in [0, 0.05) is 38.6 Å². The maximum absolute atomic E-state index is 11.6. The lowest BCUT2D eigenvalue weighted by atomic mass is 9.72. The van der Waals surface area contributed by atoms with Gasteiger partial charge in [0.15, 0.2) is 0 Å². The van der Waals surface area contributed by atoms with Gasteiger partial charge in [0.2, 0.25) is 0 Å². The summed E-state index contributed by atoms with van der Waals surface area (Å²) < 4.78 is 0. The summed E-state index contributed by atoms with van der Waals surface area (Å²) in [4.78, 5) is 2.49. The molecule has 6 heteroatoms. The fourth-order valence-corrected chi connectivity index (χ4v) is 4.98. The molecule has 1 heterocycles. The number of hydrogen-bond donors (Lipinski definition) is 2. The van der Waals surface area contributed by atoms with Gasteiger partial charge in [0.05, 0.1) is 17.2 Å². The Morgan fingerprint density at radius 1 is 0.968 bits per heavy atom. The Bertz CT molecular complexity index is 854. The third-order valence-corrected chi connectivity index (χ3v) is 6.69. The van der Waals surface area contributed by atoms with E-state index in [0.717, 1.165) is 69.5 Å². The van der Waals surface area contributed by atoms with E-state index in [9.17, 15) is 10.4 Å². The lowest BCUT2D eigenvalue weighted by molar-refractivity contribution is -0.0316. The minimum absolute atomic E-state index is 0. The Morgan fingerprint density at radius 3 is 2.26 bits per heavy atom. The minimum atomic E-state index is -0.616. The summed E-state index contributed by atoms with van der Waals surface area (Å²) >= 11 is 0. The van der Waals surface area contributed by atoms with Crippen LogP contribution in [0.3, 0.4) is 0 Å². The van der Waals surface area contributed by atoms with Crippen LogP contribution >= 0.6 is 24.8 Å². The van der Waals surface area contributed by atoms with Gasteiger partial charge >= 0.3 is 0 Å². The number of benzene rings is 2. The second-order valence-corrected chi connectivity index (χ2v) is 8.55. The predicted molar refractivity (Wildman–Crippen MR) is 131 cm³/mol. The molecule has 2 fully saturated rings. The molecule has 1 saturated carbocycles. The molecule has 0 radical (unpaired) electrons. The highest BCUT2D eigenvalue weighted by Gasteiger charge is 2.39. The fraction of sp³-hybridized carbons (Fsp3) is 0.480. The molecule has 31 heavy (non-hydrogen) atoms. The molecule has 4 nitrogen and oxygen atoms in total. The van der Waals surface area contributed by atoms with E-state index in [1.165, 1.54) is 12.0 Å². The van der Waals surface area contributed by atoms with Crippen LogP contribution in [0.1, 0.15) is 49.1 Å². The van der Waals surface area contributed by atoms with Crippen LogP contribution in [-0.4, -0.2) is 48.3 Å². The SMILES string of the molecule is Cl.Cl.N#Cc1ccccc1-c1ccc(C(CN2CCNCC2)C2(O)CCCCC2)cc1. The van der Waals surface area contributed by atoms with E-state index < -0.39 is 5.60 Å². The number of hydrogen-bond acceptors (Lipinski definition) is 4. The molecule has 1 aliphatic heterocycles. The van der Waals surface area contributed by atoms with Gasteiger partial charge in [-0.2, -0.15) is 5.26 Å². The van der Waals surface area contributed by atoms with Gasteiger partial charge in [-0.15, -0.1) is 24.8 Å². The number of halogens is 2. The fourth-order valence-electron chi connectivity index (χ4n) is 4.98. The molecule has 2 N–H and O–H groups in total. The molecular weight excluding hydrogens is 429 g/mol. The number of nitrogens with zero attached hydrogens (tertiary/aromatic N) is 2. The van der Waals surface area contributed by atoms with Crippen molar-refractivity contribution in [2.75, 3.05) is 32.7 Å². The number of piperazine rings is 1. The Balaban J connectivity index is 0.00000171. The summed E-state index contributed by atoms with van der Waals surface area (Å²) in [6.45, 7) is 5.04. The average molecular weight is 462 g/mol. The summed E-state index contributed by atoms with van der Waals surface area (Å²) in [5.74, 6) is 0.126. The number of nitrogens with one attached hydrogen (secondary N) is 1. The van der Waals surface area contributed by atoms with Gasteiger partial charge in [-0.05, 0) is 35.6 Å². The standard InChI is InChI=1S/C25H31N3O.2ClH/c26-18-22-6-2-3-7-23(22)20-8-10-21(11-9-20)24(19-28-16-14-27-15-17-28)25(29)12-4-1-5-13-25;;/h2-3,6-11,24,27,29H,1,4-5,12-17,19H2;2*1H. The van der Waals surface area contributed by atoms with Crippen molar-refractivity contribution in [3.63, 3.8) is 0 Å². The van der Waals surface area contributed by atoms with Crippen LogP contribution in [0, 0.1) is 11.3 Å². The van der Waals surface area contributed by atoms with Crippen LogP contribution in [0.4, 0.5) is 0 Å². The van der Waals surface area contributed by atoms with E-state index in [2.05, 4.69) is 40.6 Å².